The second-order valence-electron chi connectivity index (χ2n) is 11.5. The average Bonchev–Trinajstić information content (AvgIpc) is 3.25. The van der Waals surface area contributed by atoms with Crippen molar-refractivity contribution in [3.8, 4) is 11.3 Å². The molecule has 4 atom stereocenters. The number of ether oxygens (including phenoxy) is 1. The Morgan fingerprint density at radius 2 is 2.05 bits per heavy atom. The number of hydrogen-bond acceptors (Lipinski definition) is 5. The SMILES string of the molecule is CCC1CCCC(C2C=C(c3c[nH]c4ncc(-c5ccc(N6CCOC(CC)C6)c(F)c5)nc34)C=NC2)CC1. The molecular formula is C32H40FN5O. The molecule has 1 saturated carbocycles. The fourth-order valence-corrected chi connectivity index (χ4v) is 6.65. The van der Waals surface area contributed by atoms with E-state index in [0.29, 0.717) is 42.9 Å². The van der Waals surface area contributed by atoms with Crippen LogP contribution in [0.5, 0.6) is 0 Å². The van der Waals surface area contributed by atoms with Crippen molar-refractivity contribution in [2.75, 3.05) is 31.1 Å². The molecule has 0 spiro atoms. The van der Waals surface area contributed by atoms with Crippen LogP contribution < -0.4 is 4.90 Å². The summed E-state index contributed by atoms with van der Waals surface area (Å²) in [7, 11) is 0. The summed E-state index contributed by atoms with van der Waals surface area (Å²) in [6.07, 6.45) is 17.1. The second kappa shape index (κ2) is 11.6. The highest BCUT2D eigenvalue weighted by Crippen LogP contribution is 2.37. The number of nitrogens with one attached hydrogen (secondary N) is 1. The van der Waals surface area contributed by atoms with Gasteiger partial charge in [-0.3, -0.25) is 4.99 Å². The normalized spacial score (nSPS) is 26.0. The van der Waals surface area contributed by atoms with E-state index in [0.717, 1.165) is 46.7 Å². The summed E-state index contributed by atoms with van der Waals surface area (Å²) < 4.78 is 21.1. The standard InChI is InChI=1S/C32H40FN5O/c1-3-21-6-5-7-22(9-8-21)24-14-25(17-34-16-24)27-18-35-32-31(27)37-29(19-36-32)23-10-11-30(28(33)15-23)38-12-13-39-26(4-2)20-38/h10-11,14-15,17-19,21-22,24,26H,3-9,12-13,16,20H2,1-2H3,(H,35,36). The fraction of sp³-hybridized carbons (Fsp3) is 0.531. The van der Waals surface area contributed by atoms with Gasteiger partial charge < -0.3 is 14.6 Å². The fourth-order valence-electron chi connectivity index (χ4n) is 6.65. The van der Waals surface area contributed by atoms with Crippen molar-refractivity contribution in [3.05, 3.63) is 48.0 Å². The van der Waals surface area contributed by atoms with Crippen LogP contribution in [0.4, 0.5) is 10.1 Å². The minimum Gasteiger partial charge on any atom is -0.375 e. The van der Waals surface area contributed by atoms with Gasteiger partial charge in [-0.15, -0.1) is 0 Å². The number of allylic oxidation sites excluding steroid dienone is 1. The number of rotatable bonds is 6. The minimum atomic E-state index is -0.237. The molecule has 4 heterocycles. The maximum Gasteiger partial charge on any atom is 0.156 e. The molecule has 2 fully saturated rings. The van der Waals surface area contributed by atoms with Crippen molar-refractivity contribution >= 4 is 28.6 Å². The molecule has 0 bridgehead atoms. The van der Waals surface area contributed by atoms with Gasteiger partial charge in [-0.1, -0.05) is 51.7 Å². The van der Waals surface area contributed by atoms with Crippen LogP contribution in [0, 0.1) is 23.6 Å². The van der Waals surface area contributed by atoms with Gasteiger partial charge in [0.25, 0.3) is 0 Å². The van der Waals surface area contributed by atoms with E-state index in [4.69, 9.17) is 14.7 Å². The Balaban J connectivity index is 1.25. The smallest absolute Gasteiger partial charge is 0.156 e. The Bertz CT molecular complexity index is 1360. The molecule has 2 aromatic heterocycles. The maximum atomic E-state index is 15.3. The van der Waals surface area contributed by atoms with Gasteiger partial charge in [0, 0.05) is 49.1 Å². The number of aromatic amines is 1. The molecule has 2 aliphatic heterocycles. The van der Waals surface area contributed by atoms with Crippen LogP contribution in [-0.2, 0) is 4.74 Å². The lowest BCUT2D eigenvalue weighted by atomic mass is 9.83. The number of morpholine rings is 1. The predicted octanol–water partition coefficient (Wildman–Crippen LogP) is 7.07. The van der Waals surface area contributed by atoms with E-state index in [1.54, 1.807) is 12.3 Å². The Morgan fingerprint density at radius 3 is 2.90 bits per heavy atom. The highest BCUT2D eigenvalue weighted by Gasteiger charge is 2.26. The molecular weight excluding hydrogens is 489 g/mol. The average molecular weight is 530 g/mol. The maximum absolute atomic E-state index is 15.3. The number of benzene rings is 1. The molecule has 3 aromatic rings. The lowest BCUT2D eigenvalue weighted by molar-refractivity contribution is 0.0382. The molecule has 6 nitrogen and oxygen atoms in total. The zero-order valence-electron chi connectivity index (χ0n) is 23.2. The summed E-state index contributed by atoms with van der Waals surface area (Å²) in [5, 5.41) is 0. The molecule has 206 valence electrons. The highest BCUT2D eigenvalue weighted by molar-refractivity contribution is 6.14. The van der Waals surface area contributed by atoms with Gasteiger partial charge in [0.05, 0.1) is 30.3 Å². The largest absolute Gasteiger partial charge is 0.375 e. The van der Waals surface area contributed by atoms with Gasteiger partial charge >= 0.3 is 0 Å². The number of dihydropyridines is 1. The molecule has 1 aromatic carbocycles. The van der Waals surface area contributed by atoms with Crippen molar-refractivity contribution in [3.63, 3.8) is 0 Å². The molecule has 1 saturated heterocycles. The van der Waals surface area contributed by atoms with Gasteiger partial charge in [0.1, 0.15) is 11.3 Å². The Hall–Kier alpha value is -3.06. The molecule has 39 heavy (non-hydrogen) atoms. The number of halogens is 1. The van der Waals surface area contributed by atoms with Gasteiger partial charge in [-0.25, -0.2) is 14.4 Å². The van der Waals surface area contributed by atoms with E-state index < -0.39 is 0 Å². The lowest BCUT2D eigenvalue weighted by Gasteiger charge is -2.34. The van der Waals surface area contributed by atoms with Crippen molar-refractivity contribution in [2.24, 2.45) is 22.7 Å². The monoisotopic (exact) mass is 529 g/mol. The summed E-state index contributed by atoms with van der Waals surface area (Å²) in [5.41, 5.74) is 5.69. The van der Waals surface area contributed by atoms with Gasteiger partial charge in [0.2, 0.25) is 0 Å². The molecule has 1 aliphatic carbocycles. The molecule has 6 rings (SSSR count). The quantitative estimate of drug-likeness (QED) is 0.347. The van der Waals surface area contributed by atoms with Crippen LogP contribution in [0.1, 0.15) is 64.4 Å². The van der Waals surface area contributed by atoms with E-state index in [-0.39, 0.29) is 11.9 Å². The predicted molar refractivity (Wildman–Crippen MR) is 157 cm³/mol. The number of aromatic nitrogens is 3. The third-order valence-corrected chi connectivity index (χ3v) is 9.13. The topological polar surface area (TPSA) is 66.4 Å². The highest BCUT2D eigenvalue weighted by atomic mass is 19.1. The summed E-state index contributed by atoms with van der Waals surface area (Å²) in [5.74, 6) is 1.81. The molecule has 0 radical (unpaired) electrons. The molecule has 7 heteroatoms. The Morgan fingerprint density at radius 1 is 1.13 bits per heavy atom. The van der Waals surface area contributed by atoms with Crippen LogP contribution >= 0.6 is 0 Å². The summed E-state index contributed by atoms with van der Waals surface area (Å²) in [6.45, 7) is 7.34. The van der Waals surface area contributed by atoms with E-state index in [1.807, 2.05) is 24.5 Å². The van der Waals surface area contributed by atoms with E-state index in [2.05, 4.69) is 34.8 Å². The molecule has 4 unspecified atom stereocenters. The first kappa shape index (κ1) is 26.2. The van der Waals surface area contributed by atoms with Crippen LogP contribution in [0.3, 0.4) is 0 Å². The Labute approximate surface area is 230 Å². The van der Waals surface area contributed by atoms with Crippen LogP contribution in [0.2, 0.25) is 0 Å². The number of H-pyrrole nitrogens is 1. The summed E-state index contributed by atoms with van der Waals surface area (Å²) in [6, 6.07) is 5.40. The second-order valence-corrected chi connectivity index (χ2v) is 11.5. The molecule has 3 aliphatic rings. The number of aliphatic imine (C=N–C) groups is 1. The van der Waals surface area contributed by atoms with Crippen LogP contribution in [0.25, 0.3) is 28.0 Å². The van der Waals surface area contributed by atoms with Crippen LogP contribution in [0.15, 0.2) is 41.7 Å². The zero-order valence-corrected chi connectivity index (χ0v) is 23.2. The number of hydrogen-bond donors (Lipinski definition) is 1. The summed E-state index contributed by atoms with van der Waals surface area (Å²) in [4.78, 5) is 19.8. The van der Waals surface area contributed by atoms with Crippen molar-refractivity contribution in [1.82, 2.24) is 15.0 Å². The number of anilines is 1. The lowest BCUT2D eigenvalue weighted by Crippen LogP contribution is -2.42. The number of nitrogens with zero attached hydrogens (tertiary/aromatic N) is 4. The van der Waals surface area contributed by atoms with Crippen molar-refractivity contribution < 1.29 is 9.13 Å². The van der Waals surface area contributed by atoms with E-state index in [1.165, 1.54) is 38.5 Å². The third kappa shape index (κ3) is 5.51. The first-order valence-electron chi connectivity index (χ1n) is 14.9. The van der Waals surface area contributed by atoms with Crippen molar-refractivity contribution in [2.45, 2.75) is 64.9 Å². The molecule has 1 N–H and O–H groups in total. The first-order chi connectivity index (χ1) is 19.1. The first-order valence-corrected chi connectivity index (χ1v) is 14.9. The van der Waals surface area contributed by atoms with Crippen molar-refractivity contribution in [1.29, 1.82) is 0 Å². The summed E-state index contributed by atoms with van der Waals surface area (Å²) >= 11 is 0. The van der Waals surface area contributed by atoms with Gasteiger partial charge in [-0.05, 0) is 48.8 Å². The minimum absolute atomic E-state index is 0.145. The van der Waals surface area contributed by atoms with Gasteiger partial charge in [0.15, 0.2) is 5.65 Å². The third-order valence-electron chi connectivity index (χ3n) is 9.13. The van der Waals surface area contributed by atoms with Crippen LogP contribution in [-0.4, -0.2) is 53.5 Å². The number of fused-ring (bicyclic) bond motifs is 1. The van der Waals surface area contributed by atoms with Gasteiger partial charge in [-0.2, -0.15) is 0 Å². The van der Waals surface area contributed by atoms with E-state index >= 15 is 4.39 Å². The zero-order chi connectivity index (χ0) is 26.8. The molecule has 0 amide bonds. The Kier molecular flexibility index (Phi) is 7.78. The van der Waals surface area contributed by atoms with E-state index in [9.17, 15) is 0 Å².